The average molecular weight is 256 g/mol. The zero-order valence-electron chi connectivity index (χ0n) is 11.3. The monoisotopic (exact) mass is 256 g/mol. The first-order chi connectivity index (χ1) is 9.22. The van der Waals surface area contributed by atoms with E-state index in [2.05, 4.69) is 22.2 Å². The minimum Gasteiger partial charge on any atom is -0.369 e. The zero-order valence-corrected chi connectivity index (χ0v) is 11.3. The van der Waals surface area contributed by atoms with E-state index in [9.17, 15) is 0 Å². The van der Waals surface area contributed by atoms with Gasteiger partial charge in [0.25, 0.3) is 0 Å². The van der Waals surface area contributed by atoms with Crippen molar-refractivity contribution in [2.75, 3.05) is 17.6 Å². The molecule has 4 nitrogen and oxygen atoms in total. The second-order valence-electron chi connectivity index (χ2n) is 5.55. The topological polar surface area (TPSA) is 63.8 Å². The molecule has 1 aromatic heterocycles. The van der Waals surface area contributed by atoms with Gasteiger partial charge in [0.2, 0.25) is 5.95 Å². The third-order valence-corrected chi connectivity index (χ3v) is 3.99. The number of anilines is 2. The SMILES string of the molecule is CCCC1(CNc2nc(N)nc3ccccc23)CC1. The molecule has 0 saturated heterocycles. The van der Waals surface area contributed by atoms with Gasteiger partial charge in [-0.2, -0.15) is 4.98 Å². The van der Waals surface area contributed by atoms with E-state index in [1.165, 1.54) is 25.7 Å². The van der Waals surface area contributed by atoms with E-state index in [0.29, 0.717) is 11.4 Å². The third-order valence-electron chi connectivity index (χ3n) is 3.99. The summed E-state index contributed by atoms with van der Waals surface area (Å²) in [6, 6.07) is 7.98. The normalized spacial score (nSPS) is 16.5. The Morgan fingerprint density at radius 2 is 2.05 bits per heavy atom. The number of nitrogens with one attached hydrogen (secondary N) is 1. The Morgan fingerprint density at radius 3 is 2.79 bits per heavy atom. The molecule has 0 spiro atoms. The molecule has 1 heterocycles. The predicted octanol–water partition coefficient (Wildman–Crippen LogP) is 3.20. The number of nitrogen functional groups attached to an aromatic ring is 1. The lowest BCUT2D eigenvalue weighted by molar-refractivity contribution is 0.485. The highest BCUT2D eigenvalue weighted by Crippen LogP contribution is 2.49. The fourth-order valence-corrected chi connectivity index (χ4v) is 2.72. The van der Waals surface area contributed by atoms with Crippen molar-refractivity contribution in [1.29, 1.82) is 0 Å². The highest BCUT2D eigenvalue weighted by molar-refractivity contribution is 5.89. The summed E-state index contributed by atoms with van der Waals surface area (Å²) in [5.74, 6) is 1.20. The molecule has 3 N–H and O–H groups in total. The Bertz CT molecular complexity index is 590. The highest BCUT2D eigenvalue weighted by Gasteiger charge is 2.41. The van der Waals surface area contributed by atoms with E-state index in [4.69, 9.17) is 5.73 Å². The van der Waals surface area contributed by atoms with Crippen molar-refractivity contribution >= 4 is 22.7 Å². The van der Waals surface area contributed by atoms with Crippen molar-refractivity contribution < 1.29 is 0 Å². The Balaban J connectivity index is 1.84. The van der Waals surface area contributed by atoms with E-state index in [-0.39, 0.29) is 0 Å². The van der Waals surface area contributed by atoms with Gasteiger partial charge in [0.15, 0.2) is 0 Å². The van der Waals surface area contributed by atoms with E-state index >= 15 is 0 Å². The molecule has 19 heavy (non-hydrogen) atoms. The summed E-state index contributed by atoms with van der Waals surface area (Å²) in [5, 5.41) is 4.53. The van der Waals surface area contributed by atoms with Crippen molar-refractivity contribution in [1.82, 2.24) is 9.97 Å². The van der Waals surface area contributed by atoms with Crippen LogP contribution in [0.1, 0.15) is 32.6 Å². The molecule has 0 atom stereocenters. The number of hydrogen-bond donors (Lipinski definition) is 2. The van der Waals surface area contributed by atoms with Gasteiger partial charge in [-0.3, -0.25) is 0 Å². The van der Waals surface area contributed by atoms with Crippen LogP contribution in [-0.4, -0.2) is 16.5 Å². The molecule has 3 rings (SSSR count). The largest absolute Gasteiger partial charge is 0.369 e. The van der Waals surface area contributed by atoms with Crippen LogP contribution in [0.2, 0.25) is 0 Å². The molecule has 0 unspecified atom stereocenters. The van der Waals surface area contributed by atoms with Gasteiger partial charge in [0.05, 0.1) is 5.52 Å². The minimum absolute atomic E-state index is 0.335. The van der Waals surface area contributed by atoms with Gasteiger partial charge in [-0.25, -0.2) is 4.98 Å². The molecule has 0 aliphatic heterocycles. The lowest BCUT2D eigenvalue weighted by Gasteiger charge is -2.16. The van der Waals surface area contributed by atoms with Crippen molar-refractivity contribution in [2.45, 2.75) is 32.6 Å². The molecule has 0 bridgehead atoms. The number of para-hydroxylation sites is 1. The van der Waals surface area contributed by atoms with Crippen molar-refractivity contribution in [2.24, 2.45) is 5.41 Å². The van der Waals surface area contributed by atoms with E-state index in [1.807, 2.05) is 24.3 Å². The predicted molar refractivity (Wildman–Crippen MR) is 79.0 cm³/mol. The zero-order chi connectivity index (χ0) is 13.3. The highest BCUT2D eigenvalue weighted by atomic mass is 15.1. The first-order valence-corrected chi connectivity index (χ1v) is 6.99. The van der Waals surface area contributed by atoms with Crippen LogP contribution in [0, 0.1) is 5.41 Å². The molecule has 1 aliphatic rings. The van der Waals surface area contributed by atoms with Gasteiger partial charge in [-0.1, -0.05) is 25.5 Å². The first kappa shape index (κ1) is 12.2. The Morgan fingerprint density at radius 1 is 1.26 bits per heavy atom. The van der Waals surface area contributed by atoms with Crippen LogP contribution in [0.5, 0.6) is 0 Å². The molecule has 1 aromatic carbocycles. The number of aromatic nitrogens is 2. The van der Waals surface area contributed by atoms with Crippen molar-refractivity contribution in [3.63, 3.8) is 0 Å². The Kier molecular flexibility index (Phi) is 3.01. The molecule has 2 aromatic rings. The molecular weight excluding hydrogens is 236 g/mol. The fourth-order valence-electron chi connectivity index (χ4n) is 2.72. The van der Waals surface area contributed by atoms with Crippen LogP contribution in [0.15, 0.2) is 24.3 Å². The fraction of sp³-hybridized carbons (Fsp3) is 0.467. The van der Waals surface area contributed by atoms with E-state index in [1.54, 1.807) is 0 Å². The summed E-state index contributed by atoms with van der Waals surface area (Å²) in [7, 11) is 0. The molecule has 100 valence electrons. The number of hydrogen-bond acceptors (Lipinski definition) is 4. The number of nitrogens with zero attached hydrogens (tertiary/aromatic N) is 2. The summed E-state index contributed by atoms with van der Waals surface area (Å²) < 4.78 is 0. The number of fused-ring (bicyclic) bond motifs is 1. The van der Waals surface area contributed by atoms with Gasteiger partial charge >= 0.3 is 0 Å². The minimum atomic E-state index is 0.335. The summed E-state index contributed by atoms with van der Waals surface area (Å²) in [4.78, 5) is 8.61. The first-order valence-electron chi connectivity index (χ1n) is 6.99. The van der Waals surface area contributed by atoms with Gasteiger partial charge in [-0.05, 0) is 36.8 Å². The number of benzene rings is 1. The number of rotatable bonds is 5. The van der Waals surface area contributed by atoms with Gasteiger partial charge in [0, 0.05) is 11.9 Å². The van der Waals surface area contributed by atoms with Gasteiger partial charge < -0.3 is 11.1 Å². The molecular formula is C15H20N4. The lowest BCUT2D eigenvalue weighted by atomic mass is 10.0. The van der Waals surface area contributed by atoms with Gasteiger partial charge in [0.1, 0.15) is 5.82 Å². The standard InChI is InChI=1S/C15H20N4/c1-2-7-15(8-9-15)10-17-13-11-5-3-4-6-12(11)18-14(16)19-13/h3-6H,2,7-10H2,1H3,(H3,16,17,18,19). The van der Waals surface area contributed by atoms with Crippen LogP contribution < -0.4 is 11.1 Å². The lowest BCUT2D eigenvalue weighted by Crippen LogP contribution is -2.16. The molecule has 1 saturated carbocycles. The second kappa shape index (κ2) is 4.68. The molecule has 0 amide bonds. The summed E-state index contributed by atoms with van der Waals surface area (Å²) >= 11 is 0. The van der Waals surface area contributed by atoms with Crippen LogP contribution in [0.3, 0.4) is 0 Å². The van der Waals surface area contributed by atoms with Gasteiger partial charge in [-0.15, -0.1) is 0 Å². The molecule has 1 fully saturated rings. The second-order valence-corrected chi connectivity index (χ2v) is 5.55. The Labute approximate surface area is 113 Å². The molecule has 4 heteroatoms. The average Bonchev–Trinajstić information content (AvgIpc) is 3.16. The van der Waals surface area contributed by atoms with E-state index < -0.39 is 0 Å². The summed E-state index contributed by atoms with van der Waals surface area (Å²) in [6.07, 6.45) is 5.19. The quantitative estimate of drug-likeness (QED) is 0.862. The molecule has 0 radical (unpaired) electrons. The van der Waals surface area contributed by atoms with Crippen molar-refractivity contribution in [3.8, 4) is 0 Å². The third kappa shape index (κ3) is 2.48. The Hall–Kier alpha value is -1.84. The van der Waals surface area contributed by atoms with Crippen LogP contribution >= 0.6 is 0 Å². The summed E-state index contributed by atoms with van der Waals surface area (Å²) in [6.45, 7) is 3.24. The maximum absolute atomic E-state index is 5.78. The number of nitrogens with two attached hydrogens (primary N) is 1. The smallest absolute Gasteiger partial charge is 0.222 e. The maximum atomic E-state index is 5.78. The van der Waals surface area contributed by atoms with Crippen LogP contribution in [0.25, 0.3) is 10.9 Å². The summed E-state index contributed by atoms with van der Waals surface area (Å²) in [5.41, 5.74) is 7.17. The van der Waals surface area contributed by atoms with Crippen LogP contribution in [0.4, 0.5) is 11.8 Å². The maximum Gasteiger partial charge on any atom is 0.222 e. The molecule has 1 aliphatic carbocycles. The van der Waals surface area contributed by atoms with Crippen LogP contribution in [-0.2, 0) is 0 Å². The van der Waals surface area contributed by atoms with Crippen molar-refractivity contribution in [3.05, 3.63) is 24.3 Å². The van der Waals surface area contributed by atoms with E-state index in [0.717, 1.165) is 23.3 Å².